The van der Waals surface area contributed by atoms with Crippen molar-refractivity contribution in [1.82, 2.24) is 5.32 Å². The summed E-state index contributed by atoms with van der Waals surface area (Å²) in [5.41, 5.74) is 0. The lowest BCUT2D eigenvalue weighted by atomic mass is 10.2. The Morgan fingerprint density at radius 2 is 1.50 bits per heavy atom. The van der Waals surface area contributed by atoms with E-state index in [0.717, 1.165) is 12.2 Å². The molecule has 0 aromatic carbocycles. The molecule has 0 unspecified atom stereocenters. The lowest BCUT2D eigenvalue weighted by Crippen LogP contribution is -2.54. The number of carbonyl (C=O) groups is 1. The van der Waals surface area contributed by atoms with Crippen LogP contribution in [-0.2, 0) is 4.79 Å². The molecule has 0 fully saturated rings. The Hall–Kier alpha value is -0.950. The zero-order chi connectivity index (χ0) is 11.6. The summed E-state index contributed by atoms with van der Waals surface area (Å²) in [6, 6.07) is -3.79. The molecule has 0 aromatic heterocycles. The first-order valence-corrected chi connectivity index (χ1v) is 3.51. The van der Waals surface area contributed by atoms with Crippen molar-refractivity contribution in [2.45, 2.75) is 31.7 Å². The summed E-state index contributed by atoms with van der Waals surface area (Å²) in [6.07, 6.45) is -11.5. The van der Waals surface area contributed by atoms with Crippen LogP contribution in [0, 0.1) is 0 Å². The number of carbonyl (C=O) groups excluding carboxylic acids is 1. The van der Waals surface area contributed by atoms with Gasteiger partial charge in [-0.3, -0.25) is 4.79 Å². The van der Waals surface area contributed by atoms with Gasteiger partial charge in [0.05, 0.1) is 0 Å². The zero-order valence-electron chi connectivity index (χ0n) is 6.96. The van der Waals surface area contributed by atoms with Gasteiger partial charge >= 0.3 is 12.4 Å². The third-order valence-electron chi connectivity index (χ3n) is 1.28. The molecular weight excluding hydrogens is 216 g/mol. The highest BCUT2D eigenvalue weighted by molar-refractivity contribution is 5.76. The molecule has 1 amide bonds. The molecule has 0 saturated heterocycles. The van der Waals surface area contributed by atoms with Gasteiger partial charge in [0, 0.05) is 6.42 Å². The second kappa shape index (κ2) is 4.05. The highest BCUT2D eigenvalue weighted by Gasteiger charge is 2.57. The van der Waals surface area contributed by atoms with Gasteiger partial charge in [-0.2, -0.15) is 26.3 Å². The summed E-state index contributed by atoms with van der Waals surface area (Å²) in [4.78, 5) is 10.4. The van der Waals surface area contributed by atoms with Gasteiger partial charge in [-0.15, -0.1) is 0 Å². The van der Waals surface area contributed by atoms with Crippen LogP contribution in [0.2, 0.25) is 0 Å². The number of halogens is 6. The molecule has 0 saturated carbocycles. The smallest absolute Gasteiger partial charge is 0.337 e. The highest BCUT2D eigenvalue weighted by atomic mass is 19.4. The van der Waals surface area contributed by atoms with Gasteiger partial charge in [-0.25, -0.2) is 0 Å². The van der Waals surface area contributed by atoms with Gasteiger partial charge in [-0.05, 0) is 0 Å². The molecule has 0 aliphatic rings. The second-order valence-corrected chi connectivity index (χ2v) is 2.44. The monoisotopic (exact) mass is 223 g/mol. The predicted octanol–water partition coefficient (Wildman–Crippen LogP) is 2.01. The molecule has 0 bridgehead atoms. The Kier molecular flexibility index (Phi) is 3.78. The molecule has 0 spiro atoms. The number of nitrogens with one attached hydrogen (secondary N) is 1. The first-order chi connectivity index (χ1) is 6.09. The van der Waals surface area contributed by atoms with E-state index < -0.39 is 30.7 Å². The SMILES string of the molecule is CCC(=O)NC(C(F)(F)F)C(F)(F)F. The molecule has 84 valence electrons. The van der Waals surface area contributed by atoms with Crippen LogP contribution < -0.4 is 5.32 Å². The van der Waals surface area contributed by atoms with E-state index >= 15 is 0 Å². The van der Waals surface area contributed by atoms with Crippen molar-refractivity contribution in [3.8, 4) is 0 Å². The molecule has 0 rings (SSSR count). The van der Waals surface area contributed by atoms with Gasteiger partial charge in [0.1, 0.15) is 0 Å². The molecule has 0 aromatic rings. The average molecular weight is 223 g/mol. The van der Waals surface area contributed by atoms with E-state index in [0.29, 0.717) is 0 Å². The summed E-state index contributed by atoms with van der Waals surface area (Å²) in [6.45, 7) is 1.15. The van der Waals surface area contributed by atoms with Crippen molar-refractivity contribution in [2.75, 3.05) is 0 Å². The molecule has 0 aliphatic carbocycles. The second-order valence-electron chi connectivity index (χ2n) is 2.44. The van der Waals surface area contributed by atoms with Crippen LogP contribution in [-0.4, -0.2) is 24.3 Å². The van der Waals surface area contributed by atoms with Crippen molar-refractivity contribution < 1.29 is 31.1 Å². The first-order valence-electron chi connectivity index (χ1n) is 3.51. The minimum absolute atomic E-state index is 0.442. The van der Waals surface area contributed by atoms with Gasteiger partial charge in [0.2, 0.25) is 11.9 Å². The van der Waals surface area contributed by atoms with Crippen LogP contribution in [0.1, 0.15) is 13.3 Å². The molecule has 8 heteroatoms. The van der Waals surface area contributed by atoms with E-state index in [1.807, 2.05) is 0 Å². The maximum Gasteiger partial charge on any atom is 0.417 e. The molecule has 0 atom stereocenters. The third kappa shape index (κ3) is 3.84. The summed E-state index contributed by atoms with van der Waals surface area (Å²) >= 11 is 0. The minimum Gasteiger partial charge on any atom is -0.337 e. The zero-order valence-corrected chi connectivity index (χ0v) is 6.96. The Morgan fingerprint density at radius 1 is 1.14 bits per heavy atom. The lowest BCUT2D eigenvalue weighted by molar-refractivity contribution is -0.257. The number of hydrogen-bond donors (Lipinski definition) is 1. The fourth-order valence-corrected chi connectivity index (χ4v) is 0.612. The van der Waals surface area contributed by atoms with Crippen LogP contribution in [0.5, 0.6) is 0 Å². The largest absolute Gasteiger partial charge is 0.417 e. The molecule has 0 aliphatic heterocycles. The van der Waals surface area contributed by atoms with Crippen molar-refractivity contribution >= 4 is 5.91 Å². The molecule has 0 heterocycles. The van der Waals surface area contributed by atoms with E-state index in [9.17, 15) is 31.1 Å². The van der Waals surface area contributed by atoms with Crippen molar-refractivity contribution in [2.24, 2.45) is 0 Å². The normalized spacial score (nSPS) is 13.1. The quantitative estimate of drug-likeness (QED) is 0.713. The Balaban J connectivity index is 4.68. The average Bonchev–Trinajstić information content (AvgIpc) is 1.95. The van der Waals surface area contributed by atoms with E-state index in [4.69, 9.17) is 0 Å². The van der Waals surface area contributed by atoms with E-state index in [2.05, 4.69) is 0 Å². The highest BCUT2D eigenvalue weighted by Crippen LogP contribution is 2.33. The van der Waals surface area contributed by atoms with E-state index in [-0.39, 0.29) is 0 Å². The summed E-state index contributed by atoms with van der Waals surface area (Å²) in [5.74, 6) is -1.30. The lowest BCUT2D eigenvalue weighted by Gasteiger charge is -2.23. The standard InChI is InChI=1S/C6H7F6NO/c1-2-3(14)13-4(5(7,8)9)6(10,11)12/h4H,2H2,1H3,(H,13,14). The molecule has 2 nitrogen and oxygen atoms in total. The van der Waals surface area contributed by atoms with Gasteiger partial charge < -0.3 is 5.32 Å². The summed E-state index contributed by atoms with van der Waals surface area (Å²) in [7, 11) is 0. The van der Waals surface area contributed by atoms with Crippen LogP contribution in [0.4, 0.5) is 26.3 Å². The summed E-state index contributed by atoms with van der Waals surface area (Å²) in [5, 5.41) is 0.858. The van der Waals surface area contributed by atoms with Crippen LogP contribution in [0.25, 0.3) is 0 Å². The molecule has 14 heavy (non-hydrogen) atoms. The fraction of sp³-hybridized carbons (Fsp3) is 0.833. The van der Waals surface area contributed by atoms with Crippen LogP contribution in [0.3, 0.4) is 0 Å². The van der Waals surface area contributed by atoms with Gasteiger partial charge in [0.15, 0.2) is 0 Å². The number of hydrogen-bond acceptors (Lipinski definition) is 1. The van der Waals surface area contributed by atoms with Crippen molar-refractivity contribution in [3.63, 3.8) is 0 Å². The third-order valence-corrected chi connectivity index (χ3v) is 1.28. The van der Waals surface area contributed by atoms with Crippen LogP contribution in [0.15, 0.2) is 0 Å². The first kappa shape index (κ1) is 13.0. The molecule has 0 radical (unpaired) electrons. The Morgan fingerprint density at radius 3 is 1.71 bits per heavy atom. The maximum atomic E-state index is 11.8. The van der Waals surface area contributed by atoms with Gasteiger partial charge in [0.25, 0.3) is 0 Å². The van der Waals surface area contributed by atoms with Crippen LogP contribution >= 0.6 is 0 Å². The Bertz CT molecular complexity index is 193. The molecular formula is C6H7F6NO. The van der Waals surface area contributed by atoms with E-state index in [1.54, 1.807) is 0 Å². The van der Waals surface area contributed by atoms with Gasteiger partial charge in [-0.1, -0.05) is 6.92 Å². The topological polar surface area (TPSA) is 29.1 Å². The summed E-state index contributed by atoms with van der Waals surface area (Å²) < 4.78 is 70.7. The number of amides is 1. The Labute approximate surface area is 75.3 Å². The van der Waals surface area contributed by atoms with Crippen molar-refractivity contribution in [3.05, 3.63) is 0 Å². The number of rotatable bonds is 2. The number of alkyl halides is 6. The minimum atomic E-state index is -5.52. The molecule has 1 N–H and O–H groups in total. The fourth-order valence-electron chi connectivity index (χ4n) is 0.612. The van der Waals surface area contributed by atoms with Crippen molar-refractivity contribution in [1.29, 1.82) is 0 Å². The predicted molar refractivity (Wildman–Crippen MR) is 34.3 cm³/mol. The van der Waals surface area contributed by atoms with E-state index in [1.165, 1.54) is 0 Å². The maximum absolute atomic E-state index is 11.8.